The number of nitrogens with one attached hydrogen (secondary N) is 1. The van der Waals surface area contributed by atoms with E-state index in [2.05, 4.69) is 10.2 Å². The molecule has 0 spiro atoms. The summed E-state index contributed by atoms with van der Waals surface area (Å²) >= 11 is 0. The maximum absolute atomic E-state index is 11.6. The molecule has 2 aliphatic heterocycles. The van der Waals surface area contributed by atoms with Gasteiger partial charge in [-0.15, -0.1) is 0 Å². The van der Waals surface area contributed by atoms with E-state index >= 15 is 0 Å². The van der Waals surface area contributed by atoms with Crippen LogP contribution in [0.3, 0.4) is 0 Å². The molecule has 2 amide bonds. The van der Waals surface area contributed by atoms with E-state index < -0.39 is 0 Å². The van der Waals surface area contributed by atoms with Gasteiger partial charge in [0, 0.05) is 46.4 Å². The van der Waals surface area contributed by atoms with Crippen molar-refractivity contribution >= 4 is 11.8 Å². The second-order valence-corrected chi connectivity index (χ2v) is 6.93. The summed E-state index contributed by atoms with van der Waals surface area (Å²) in [5, 5.41) is 3.05. The van der Waals surface area contributed by atoms with Crippen molar-refractivity contribution in [2.75, 3.05) is 39.3 Å². The van der Waals surface area contributed by atoms with E-state index in [4.69, 9.17) is 0 Å². The third-order valence-corrected chi connectivity index (χ3v) is 4.72. The SMILES string of the molecule is CC.CC.CC(=O)N1CC(CN2CCC(CNC(=O)C(C)C)CC2)C1.[HH]. The second kappa shape index (κ2) is 13.2. The highest BCUT2D eigenvalue weighted by atomic mass is 16.2. The van der Waals surface area contributed by atoms with Gasteiger partial charge in [0.25, 0.3) is 0 Å². The summed E-state index contributed by atoms with van der Waals surface area (Å²) in [7, 11) is 0. The van der Waals surface area contributed by atoms with Crippen LogP contribution in [0.1, 0.15) is 62.7 Å². The van der Waals surface area contributed by atoms with Gasteiger partial charge in [-0.05, 0) is 31.8 Å². The Morgan fingerprint density at radius 1 is 1.04 bits per heavy atom. The van der Waals surface area contributed by atoms with Crippen molar-refractivity contribution in [1.29, 1.82) is 0 Å². The predicted octanol–water partition coefficient (Wildman–Crippen LogP) is 3.25. The molecule has 25 heavy (non-hydrogen) atoms. The van der Waals surface area contributed by atoms with Crippen LogP contribution in [0.15, 0.2) is 0 Å². The lowest BCUT2D eigenvalue weighted by molar-refractivity contribution is -0.135. The number of amides is 2. The van der Waals surface area contributed by atoms with Crippen LogP contribution in [0.5, 0.6) is 0 Å². The number of hydrogen-bond acceptors (Lipinski definition) is 3. The molecule has 2 saturated heterocycles. The Hall–Kier alpha value is -1.10. The van der Waals surface area contributed by atoms with E-state index in [0.717, 1.165) is 39.3 Å². The van der Waals surface area contributed by atoms with Gasteiger partial charge in [-0.3, -0.25) is 9.59 Å². The van der Waals surface area contributed by atoms with Crippen LogP contribution in [0.25, 0.3) is 0 Å². The minimum Gasteiger partial charge on any atom is -0.356 e. The number of carbonyl (C=O) groups is 2. The first-order valence-corrected chi connectivity index (χ1v) is 10.2. The molecule has 5 heteroatoms. The maximum atomic E-state index is 11.6. The van der Waals surface area contributed by atoms with Crippen LogP contribution < -0.4 is 5.32 Å². The molecule has 150 valence electrons. The van der Waals surface area contributed by atoms with Crippen LogP contribution >= 0.6 is 0 Å². The van der Waals surface area contributed by atoms with Crippen LogP contribution in [0, 0.1) is 17.8 Å². The monoisotopic (exact) mass is 357 g/mol. The molecule has 0 unspecified atom stereocenters. The fourth-order valence-electron chi connectivity index (χ4n) is 3.13. The molecular formula is C20H43N3O2. The van der Waals surface area contributed by atoms with Crippen molar-refractivity contribution < 1.29 is 11.0 Å². The van der Waals surface area contributed by atoms with Gasteiger partial charge in [0.15, 0.2) is 0 Å². The largest absolute Gasteiger partial charge is 0.356 e. The Kier molecular flexibility index (Phi) is 12.6. The standard InChI is InChI=1S/C16H29N3O2.2C2H6.H2/c1-12(2)16(21)17-8-14-4-6-18(7-5-14)9-15-10-19(11-15)13(3)20;2*1-2;/h12,14-15H,4-11H2,1-3H3,(H,17,21);2*1-2H3;1H. The van der Waals surface area contributed by atoms with E-state index in [9.17, 15) is 9.59 Å². The first kappa shape index (κ1) is 23.9. The number of piperidine rings is 1. The molecule has 0 saturated carbocycles. The highest BCUT2D eigenvalue weighted by molar-refractivity contribution is 5.77. The molecule has 2 fully saturated rings. The minimum atomic E-state index is 0. The Morgan fingerprint density at radius 3 is 2.00 bits per heavy atom. The topological polar surface area (TPSA) is 52.7 Å². The maximum Gasteiger partial charge on any atom is 0.222 e. The number of likely N-dealkylation sites (tertiary alicyclic amines) is 2. The van der Waals surface area contributed by atoms with Gasteiger partial charge in [0.05, 0.1) is 0 Å². The lowest BCUT2D eigenvalue weighted by Gasteiger charge is -2.42. The predicted molar refractivity (Wildman–Crippen MR) is 108 cm³/mol. The summed E-state index contributed by atoms with van der Waals surface area (Å²) in [6.07, 6.45) is 2.34. The van der Waals surface area contributed by atoms with Crippen molar-refractivity contribution in [2.24, 2.45) is 17.8 Å². The highest BCUT2D eigenvalue weighted by Gasteiger charge is 2.31. The number of rotatable bonds is 5. The molecule has 0 aromatic rings. The first-order chi connectivity index (χ1) is 12.0. The smallest absolute Gasteiger partial charge is 0.222 e. The Bertz CT molecular complexity index is 377. The zero-order chi connectivity index (χ0) is 19.4. The Morgan fingerprint density at radius 2 is 1.56 bits per heavy atom. The minimum absolute atomic E-state index is 0. The fraction of sp³-hybridized carbons (Fsp3) is 0.900. The summed E-state index contributed by atoms with van der Waals surface area (Å²) < 4.78 is 0. The van der Waals surface area contributed by atoms with Gasteiger partial charge in [-0.1, -0.05) is 41.5 Å². The molecule has 0 atom stereocenters. The summed E-state index contributed by atoms with van der Waals surface area (Å²) in [4.78, 5) is 27.2. The van der Waals surface area contributed by atoms with Gasteiger partial charge in [-0.25, -0.2) is 0 Å². The van der Waals surface area contributed by atoms with Gasteiger partial charge in [0.1, 0.15) is 0 Å². The van der Waals surface area contributed by atoms with E-state index in [-0.39, 0.29) is 19.2 Å². The van der Waals surface area contributed by atoms with Crippen LogP contribution in [0.2, 0.25) is 0 Å². The molecule has 0 aromatic heterocycles. The third kappa shape index (κ3) is 8.70. The number of carbonyl (C=O) groups excluding carboxylic acids is 2. The van der Waals surface area contributed by atoms with Crippen LogP contribution in [-0.2, 0) is 9.59 Å². The lowest BCUT2D eigenvalue weighted by Crippen LogP contribution is -2.54. The zero-order valence-electron chi connectivity index (χ0n) is 17.6. The van der Waals surface area contributed by atoms with Crippen LogP contribution in [0.4, 0.5) is 0 Å². The first-order valence-electron chi connectivity index (χ1n) is 10.2. The van der Waals surface area contributed by atoms with Gasteiger partial charge >= 0.3 is 0 Å². The van der Waals surface area contributed by atoms with Crippen molar-refractivity contribution in [3.8, 4) is 0 Å². The van der Waals surface area contributed by atoms with Crippen molar-refractivity contribution in [1.82, 2.24) is 15.1 Å². The van der Waals surface area contributed by atoms with E-state index in [1.165, 1.54) is 12.8 Å². The second-order valence-electron chi connectivity index (χ2n) is 6.93. The lowest BCUT2D eigenvalue weighted by atomic mass is 9.94. The van der Waals surface area contributed by atoms with Gasteiger partial charge in [-0.2, -0.15) is 0 Å². The normalized spacial score (nSPS) is 18.5. The summed E-state index contributed by atoms with van der Waals surface area (Å²) in [5.74, 6) is 1.72. The molecular weight excluding hydrogens is 314 g/mol. The van der Waals surface area contributed by atoms with Crippen molar-refractivity contribution in [3.05, 3.63) is 0 Å². The zero-order valence-corrected chi connectivity index (χ0v) is 17.6. The van der Waals surface area contributed by atoms with E-state index in [0.29, 0.717) is 11.8 Å². The molecule has 0 bridgehead atoms. The quantitative estimate of drug-likeness (QED) is 0.822. The number of hydrogen-bond donors (Lipinski definition) is 1. The van der Waals surface area contributed by atoms with Gasteiger partial charge in [0.2, 0.25) is 11.8 Å². The molecule has 0 aliphatic carbocycles. The van der Waals surface area contributed by atoms with Gasteiger partial charge < -0.3 is 15.1 Å². The fourth-order valence-corrected chi connectivity index (χ4v) is 3.13. The van der Waals surface area contributed by atoms with Crippen molar-refractivity contribution in [2.45, 2.75) is 61.3 Å². The summed E-state index contributed by atoms with van der Waals surface area (Å²) in [6.45, 7) is 19.6. The molecule has 2 rings (SSSR count). The molecule has 1 N–H and O–H groups in total. The Labute approximate surface area is 157 Å². The molecule has 2 aliphatic rings. The highest BCUT2D eigenvalue weighted by Crippen LogP contribution is 2.21. The van der Waals surface area contributed by atoms with Crippen molar-refractivity contribution in [3.63, 3.8) is 0 Å². The molecule has 2 heterocycles. The summed E-state index contributed by atoms with van der Waals surface area (Å²) in [6, 6.07) is 0. The summed E-state index contributed by atoms with van der Waals surface area (Å²) in [5.41, 5.74) is 0. The average Bonchev–Trinajstić information content (AvgIpc) is 2.59. The van der Waals surface area contributed by atoms with Crippen LogP contribution in [-0.4, -0.2) is 60.9 Å². The average molecular weight is 358 g/mol. The molecule has 0 aromatic carbocycles. The molecule has 0 radical (unpaired) electrons. The Balaban J connectivity index is 0. The van der Waals surface area contributed by atoms with E-state index in [1.807, 2.05) is 46.4 Å². The number of nitrogens with zero attached hydrogens (tertiary/aromatic N) is 2. The third-order valence-electron chi connectivity index (χ3n) is 4.72. The molecule has 5 nitrogen and oxygen atoms in total. The van der Waals surface area contributed by atoms with E-state index in [1.54, 1.807) is 6.92 Å².